The Morgan fingerprint density at radius 2 is 1.64 bits per heavy atom. The van der Waals surface area contributed by atoms with Crippen molar-refractivity contribution < 1.29 is 31.1 Å². The van der Waals surface area contributed by atoms with Crippen molar-refractivity contribution >= 4 is 15.9 Å². The Hall–Kier alpha value is -2.63. The molecule has 0 unspecified atom stereocenters. The molecule has 0 radical (unpaired) electrons. The van der Waals surface area contributed by atoms with E-state index >= 15 is 0 Å². The van der Waals surface area contributed by atoms with Gasteiger partial charge in [0.25, 0.3) is 0 Å². The summed E-state index contributed by atoms with van der Waals surface area (Å²) in [6.07, 6.45) is -2.55. The normalized spacial score (nSPS) is 14.9. The van der Waals surface area contributed by atoms with Crippen LogP contribution in [0.2, 0.25) is 0 Å². The van der Waals surface area contributed by atoms with Crippen LogP contribution >= 0.6 is 0 Å². The van der Waals surface area contributed by atoms with Gasteiger partial charge in [-0.05, 0) is 61.3 Å². The lowest BCUT2D eigenvalue weighted by atomic mass is 10.1. The lowest BCUT2D eigenvalue weighted by Crippen LogP contribution is -2.31. The largest absolute Gasteiger partial charge is 0.573 e. The van der Waals surface area contributed by atoms with Gasteiger partial charge in [-0.25, -0.2) is 13.1 Å². The second-order valence-corrected chi connectivity index (χ2v) is 9.46. The van der Waals surface area contributed by atoms with Crippen molar-refractivity contribution in [1.29, 1.82) is 0 Å². The molecule has 1 fully saturated rings. The lowest BCUT2D eigenvalue weighted by Gasteiger charge is -2.17. The third-order valence-electron chi connectivity index (χ3n) is 5.20. The van der Waals surface area contributed by atoms with Crippen molar-refractivity contribution in [3.63, 3.8) is 0 Å². The van der Waals surface area contributed by atoms with Gasteiger partial charge in [-0.1, -0.05) is 24.3 Å². The second-order valence-electron chi connectivity index (χ2n) is 7.70. The van der Waals surface area contributed by atoms with Crippen molar-refractivity contribution in [2.75, 3.05) is 19.6 Å². The summed E-state index contributed by atoms with van der Waals surface area (Å²) in [4.78, 5) is 14.3. The van der Waals surface area contributed by atoms with E-state index in [1.165, 1.54) is 12.8 Å². The molecule has 180 valence electrons. The van der Waals surface area contributed by atoms with Crippen LogP contribution in [0, 0.1) is 0 Å². The highest BCUT2D eigenvalue weighted by Gasteiger charge is 2.31. The fourth-order valence-electron chi connectivity index (χ4n) is 3.55. The molecule has 2 N–H and O–H groups in total. The molecule has 2 aromatic rings. The maximum Gasteiger partial charge on any atom is 0.573 e. The van der Waals surface area contributed by atoms with Crippen LogP contribution in [-0.2, 0) is 27.9 Å². The smallest absolute Gasteiger partial charge is 0.406 e. The van der Waals surface area contributed by atoms with E-state index in [1.807, 2.05) is 24.3 Å². The zero-order valence-corrected chi connectivity index (χ0v) is 18.7. The molecule has 0 spiro atoms. The monoisotopic (exact) mass is 485 g/mol. The molecule has 33 heavy (non-hydrogen) atoms. The van der Waals surface area contributed by atoms with Crippen molar-refractivity contribution in [3.8, 4) is 5.75 Å². The number of hydrogen-bond donors (Lipinski definition) is 2. The molecule has 11 heteroatoms. The summed E-state index contributed by atoms with van der Waals surface area (Å²) in [6, 6.07) is 11.7. The van der Waals surface area contributed by atoms with E-state index in [-0.39, 0.29) is 23.8 Å². The third-order valence-corrected chi connectivity index (χ3v) is 6.68. The minimum atomic E-state index is -4.86. The number of sulfonamides is 1. The number of carbonyl (C=O) groups excluding carboxylic acids is 1. The highest BCUT2D eigenvalue weighted by atomic mass is 32.2. The van der Waals surface area contributed by atoms with Crippen molar-refractivity contribution in [3.05, 3.63) is 59.7 Å². The number of rotatable bonds is 10. The molecule has 0 aliphatic carbocycles. The zero-order chi connectivity index (χ0) is 23.9. The van der Waals surface area contributed by atoms with E-state index in [0.29, 0.717) is 6.54 Å². The molecular formula is C22H26F3N3O4S. The van der Waals surface area contributed by atoms with Crippen LogP contribution in [0.4, 0.5) is 13.2 Å². The Morgan fingerprint density at radius 3 is 2.27 bits per heavy atom. The Morgan fingerprint density at radius 1 is 1.00 bits per heavy atom. The molecule has 1 heterocycles. The molecule has 0 saturated carbocycles. The van der Waals surface area contributed by atoms with Crippen LogP contribution in [0.15, 0.2) is 53.4 Å². The van der Waals surface area contributed by atoms with Crippen LogP contribution in [0.1, 0.15) is 30.4 Å². The van der Waals surface area contributed by atoms with Gasteiger partial charge in [-0.3, -0.25) is 9.69 Å². The Kier molecular flexibility index (Phi) is 8.33. The molecule has 1 amide bonds. The Balaban J connectivity index is 1.45. The minimum absolute atomic E-state index is 0.0806. The molecule has 1 aliphatic rings. The van der Waals surface area contributed by atoms with Gasteiger partial charge in [-0.15, -0.1) is 13.2 Å². The average Bonchev–Trinajstić information content (AvgIpc) is 3.25. The third kappa shape index (κ3) is 8.02. The predicted molar refractivity (Wildman–Crippen MR) is 116 cm³/mol. The van der Waals surface area contributed by atoms with Crippen molar-refractivity contribution in [1.82, 2.24) is 14.9 Å². The first kappa shape index (κ1) is 25.0. The standard InChI is InChI=1S/C22H26F3N3O4S/c23-22(24,25)32-19-7-9-20(10-8-19)33(30,31)27-12-11-21(29)26-15-17-5-1-2-6-18(17)16-28-13-3-4-14-28/h1-2,5-10,27H,3-4,11-16H2,(H,26,29). The molecule has 7 nitrogen and oxygen atoms in total. The first-order valence-electron chi connectivity index (χ1n) is 10.5. The number of ether oxygens (including phenoxy) is 1. The summed E-state index contributed by atoms with van der Waals surface area (Å²) < 4.78 is 67.2. The van der Waals surface area contributed by atoms with Crippen LogP contribution in [0.3, 0.4) is 0 Å². The molecule has 0 aromatic heterocycles. The number of benzene rings is 2. The van der Waals surface area contributed by atoms with Gasteiger partial charge in [0.1, 0.15) is 5.75 Å². The summed E-state index contributed by atoms with van der Waals surface area (Å²) >= 11 is 0. The molecule has 1 saturated heterocycles. The number of hydrogen-bond acceptors (Lipinski definition) is 5. The van der Waals surface area contributed by atoms with Gasteiger partial charge < -0.3 is 10.1 Å². The summed E-state index contributed by atoms with van der Waals surface area (Å²) in [7, 11) is -3.98. The number of alkyl halides is 3. The molecule has 0 bridgehead atoms. The first-order chi connectivity index (χ1) is 15.6. The van der Waals surface area contributed by atoms with Gasteiger partial charge in [0.05, 0.1) is 4.90 Å². The number of halogens is 3. The van der Waals surface area contributed by atoms with Crippen molar-refractivity contribution in [2.45, 2.75) is 43.6 Å². The van der Waals surface area contributed by atoms with Crippen LogP contribution < -0.4 is 14.8 Å². The topological polar surface area (TPSA) is 87.7 Å². The zero-order valence-electron chi connectivity index (χ0n) is 17.9. The minimum Gasteiger partial charge on any atom is -0.406 e. The van der Waals surface area contributed by atoms with Gasteiger partial charge in [-0.2, -0.15) is 0 Å². The maximum absolute atomic E-state index is 12.3. The highest BCUT2D eigenvalue weighted by molar-refractivity contribution is 7.89. The maximum atomic E-state index is 12.3. The Labute approximate surface area is 191 Å². The fourth-order valence-corrected chi connectivity index (χ4v) is 4.58. The highest BCUT2D eigenvalue weighted by Crippen LogP contribution is 2.23. The van der Waals surface area contributed by atoms with Gasteiger partial charge in [0.2, 0.25) is 15.9 Å². The summed E-state index contributed by atoms with van der Waals surface area (Å²) in [5.74, 6) is -0.839. The second kappa shape index (κ2) is 11.0. The molecular weight excluding hydrogens is 459 g/mol. The number of nitrogens with zero attached hydrogens (tertiary/aromatic N) is 1. The summed E-state index contributed by atoms with van der Waals surface area (Å²) in [6.45, 7) is 3.16. The molecule has 2 aromatic carbocycles. The van der Waals surface area contributed by atoms with E-state index in [0.717, 1.165) is 55.0 Å². The van der Waals surface area contributed by atoms with Gasteiger partial charge in [0.15, 0.2) is 0 Å². The SMILES string of the molecule is O=C(CCNS(=O)(=O)c1ccc(OC(F)(F)F)cc1)NCc1ccccc1CN1CCCC1. The van der Waals surface area contributed by atoms with Crippen molar-refractivity contribution in [2.24, 2.45) is 0 Å². The predicted octanol–water partition coefficient (Wildman–Crippen LogP) is 3.17. The Bertz CT molecular complexity index is 1040. The lowest BCUT2D eigenvalue weighted by molar-refractivity contribution is -0.274. The first-order valence-corrected chi connectivity index (χ1v) is 12.0. The van der Waals surface area contributed by atoms with Crippen LogP contribution in [0.25, 0.3) is 0 Å². The van der Waals surface area contributed by atoms with E-state index in [1.54, 1.807) is 0 Å². The van der Waals surface area contributed by atoms with E-state index in [2.05, 4.69) is 19.7 Å². The van der Waals surface area contributed by atoms with E-state index < -0.39 is 22.1 Å². The summed E-state index contributed by atoms with van der Waals surface area (Å²) in [5, 5.41) is 2.80. The van der Waals surface area contributed by atoms with Crippen LogP contribution in [0.5, 0.6) is 5.75 Å². The molecule has 1 aliphatic heterocycles. The fraction of sp³-hybridized carbons (Fsp3) is 0.409. The molecule has 0 atom stereocenters. The number of likely N-dealkylation sites (tertiary alicyclic amines) is 1. The number of nitrogens with one attached hydrogen (secondary N) is 2. The van der Waals surface area contributed by atoms with Crippen LogP contribution in [-0.4, -0.2) is 45.2 Å². The molecule has 3 rings (SSSR count). The average molecular weight is 486 g/mol. The van der Waals surface area contributed by atoms with Gasteiger partial charge >= 0.3 is 6.36 Å². The summed E-state index contributed by atoms with van der Waals surface area (Å²) in [5.41, 5.74) is 2.16. The number of amides is 1. The quantitative estimate of drug-likeness (QED) is 0.540. The van der Waals surface area contributed by atoms with E-state index in [9.17, 15) is 26.4 Å². The van der Waals surface area contributed by atoms with Gasteiger partial charge in [0, 0.05) is 26.1 Å². The van der Waals surface area contributed by atoms with E-state index in [4.69, 9.17) is 0 Å². The number of carbonyl (C=O) groups is 1.